The third-order valence-corrected chi connectivity index (χ3v) is 14.4. The Kier molecular flexibility index (Phi) is 6.18. The number of hydrogen-bond donors (Lipinski definition) is 0. The molecule has 0 bridgehead atoms. The van der Waals surface area contributed by atoms with Crippen LogP contribution in [-0.4, -0.2) is 7.11 Å². The van der Waals surface area contributed by atoms with Gasteiger partial charge >= 0.3 is 151 Å². The molecule has 2 heteroatoms. The van der Waals surface area contributed by atoms with Crippen LogP contribution in [0, 0.1) is 0 Å². The standard InChI is InChI=1S/3C7H7.CH3O.Zr/c3*1-7-5-3-2-4-6-7;1-2;/h3*2-6H,1H2;1H3;/q;;;-1;+1. The monoisotopic (exact) mass is 394 g/mol. The van der Waals surface area contributed by atoms with E-state index >= 15 is 0 Å². The first-order valence-electron chi connectivity index (χ1n) is 8.47. The predicted octanol–water partition coefficient (Wildman–Crippen LogP) is 5.30. The zero-order valence-electron chi connectivity index (χ0n) is 14.2. The van der Waals surface area contributed by atoms with E-state index in [2.05, 4.69) is 91.0 Å². The fourth-order valence-electron chi connectivity index (χ4n) is 3.31. The third-order valence-electron chi connectivity index (χ3n) is 4.54. The van der Waals surface area contributed by atoms with Gasteiger partial charge in [-0.3, -0.25) is 0 Å². The van der Waals surface area contributed by atoms with E-state index in [1.54, 1.807) is 0 Å². The Balaban J connectivity index is 1.91. The molecule has 0 saturated heterocycles. The molecule has 0 unspecified atom stereocenters. The molecule has 0 saturated carbocycles. The van der Waals surface area contributed by atoms with Gasteiger partial charge in [0, 0.05) is 0 Å². The molecule has 0 aliphatic carbocycles. The van der Waals surface area contributed by atoms with E-state index in [0.717, 1.165) is 12.4 Å². The van der Waals surface area contributed by atoms with Crippen LogP contribution in [0.25, 0.3) is 0 Å². The van der Waals surface area contributed by atoms with Crippen molar-refractivity contribution in [1.29, 1.82) is 0 Å². The second-order valence-electron chi connectivity index (χ2n) is 6.37. The Morgan fingerprint density at radius 1 is 0.542 bits per heavy atom. The molecule has 1 nitrogen and oxygen atoms in total. The predicted molar refractivity (Wildman–Crippen MR) is 97.4 cm³/mol. The average molecular weight is 396 g/mol. The summed E-state index contributed by atoms with van der Waals surface area (Å²) >= 11 is -2.89. The third kappa shape index (κ3) is 4.75. The minimum absolute atomic E-state index is 1.11. The molecule has 3 rings (SSSR count). The maximum absolute atomic E-state index is 6.36. The number of benzene rings is 3. The van der Waals surface area contributed by atoms with Crippen molar-refractivity contribution in [3.05, 3.63) is 108 Å². The maximum atomic E-state index is 6.36. The molecule has 3 aromatic rings. The quantitative estimate of drug-likeness (QED) is 0.527. The van der Waals surface area contributed by atoms with E-state index in [0.29, 0.717) is 0 Å². The van der Waals surface area contributed by atoms with Crippen molar-refractivity contribution in [2.45, 2.75) is 12.4 Å². The molecule has 24 heavy (non-hydrogen) atoms. The van der Waals surface area contributed by atoms with Crippen LogP contribution in [0.15, 0.2) is 91.0 Å². The first-order valence-corrected chi connectivity index (χ1v) is 14.7. The number of rotatable bonds is 7. The summed E-state index contributed by atoms with van der Waals surface area (Å²) < 4.78 is 9.68. The molecular formula is C22H24OZr. The fraction of sp³-hybridized carbons (Fsp3) is 0.182. The van der Waals surface area contributed by atoms with Gasteiger partial charge < -0.3 is 0 Å². The Labute approximate surface area is 150 Å². The van der Waals surface area contributed by atoms with E-state index in [-0.39, 0.29) is 0 Å². The first-order chi connectivity index (χ1) is 11.8. The average Bonchev–Trinajstić information content (AvgIpc) is 2.64. The van der Waals surface area contributed by atoms with Crippen molar-refractivity contribution >= 4 is 0 Å². The molecule has 0 atom stereocenters. The first kappa shape index (κ1) is 17.3. The van der Waals surface area contributed by atoms with Crippen LogP contribution >= 0.6 is 0 Å². The Morgan fingerprint density at radius 3 is 1.08 bits per heavy atom. The zero-order chi connectivity index (χ0) is 16.7. The van der Waals surface area contributed by atoms with Gasteiger partial charge in [-0.25, -0.2) is 0 Å². The molecule has 0 radical (unpaired) electrons. The summed E-state index contributed by atoms with van der Waals surface area (Å²) in [6.45, 7) is 0. The molecule has 0 fully saturated rings. The SMILES string of the molecule is C[O][Zr]([CH2]c1ccccc1)([CH2]c1ccccc1)[CH2]c1ccccc1. The summed E-state index contributed by atoms with van der Waals surface area (Å²) in [5, 5.41) is 0. The van der Waals surface area contributed by atoms with Crippen molar-refractivity contribution in [2.75, 3.05) is 7.11 Å². The van der Waals surface area contributed by atoms with Crippen LogP contribution in [0.4, 0.5) is 0 Å². The summed E-state index contributed by atoms with van der Waals surface area (Å²) in [7, 11) is 1.94. The van der Waals surface area contributed by atoms with Gasteiger partial charge in [0.25, 0.3) is 0 Å². The molecule has 122 valence electrons. The molecule has 0 spiro atoms. The molecular weight excluding hydrogens is 371 g/mol. The van der Waals surface area contributed by atoms with Crippen LogP contribution < -0.4 is 0 Å². The molecule has 0 aliphatic rings. The van der Waals surface area contributed by atoms with Crippen molar-refractivity contribution < 1.29 is 23.5 Å². The van der Waals surface area contributed by atoms with Gasteiger partial charge in [0.2, 0.25) is 0 Å². The van der Waals surface area contributed by atoms with Crippen LogP contribution in [0.2, 0.25) is 0 Å². The topological polar surface area (TPSA) is 9.23 Å². The van der Waals surface area contributed by atoms with Gasteiger partial charge in [0.05, 0.1) is 0 Å². The van der Waals surface area contributed by atoms with Gasteiger partial charge in [0.1, 0.15) is 0 Å². The van der Waals surface area contributed by atoms with Crippen LogP contribution in [-0.2, 0) is 35.9 Å². The van der Waals surface area contributed by atoms with Crippen molar-refractivity contribution in [3.8, 4) is 0 Å². The second-order valence-corrected chi connectivity index (χ2v) is 15.8. The molecule has 0 aromatic heterocycles. The molecule has 0 N–H and O–H groups in total. The Morgan fingerprint density at radius 2 is 0.833 bits per heavy atom. The van der Waals surface area contributed by atoms with E-state index in [1.165, 1.54) is 16.7 Å². The molecule has 3 aromatic carbocycles. The van der Waals surface area contributed by atoms with Crippen LogP contribution in [0.5, 0.6) is 0 Å². The zero-order valence-corrected chi connectivity index (χ0v) is 16.6. The van der Waals surface area contributed by atoms with E-state index in [1.807, 2.05) is 7.11 Å². The van der Waals surface area contributed by atoms with E-state index in [9.17, 15) is 0 Å². The summed E-state index contributed by atoms with van der Waals surface area (Å²) in [6.07, 6.45) is 0. The number of hydrogen-bond acceptors (Lipinski definition) is 1. The summed E-state index contributed by atoms with van der Waals surface area (Å²) in [6, 6.07) is 32.5. The fourth-order valence-corrected chi connectivity index (χ4v) is 12.5. The summed E-state index contributed by atoms with van der Waals surface area (Å²) in [5.41, 5.74) is 4.21. The minimum atomic E-state index is -2.89. The van der Waals surface area contributed by atoms with Gasteiger partial charge in [-0.15, -0.1) is 0 Å². The van der Waals surface area contributed by atoms with Gasteiger partial charge in [-0.05, 0) is 0 Å². The normalized spacial score (nSPS) is 11.4. The van der Waals surface area contributed by atoms with Gasteiger partial charge in [0.15, 0.2) is 0 Å². The molecule has 0 heterocycles. The molecule has 0 amide bonds. The van der Waals surface area contributed by atoms with Crippen molar-refractivity contribution in [3.63, 3.8) is 0 Å². The van der Waals surface area contributed by atoms with E-state index in [4.69, 9.17) is 2.81 Å². The van der Waals surface area contributed by atoms with Crippen molar-refractivity contribution in [1.82, 2.24) is 0 Å². The molecule has 0 aliphatic heterocycles. The van der Waals surface area contributed by atoms with Crippen LogP contribution in [0.3, 0.4) is 0 Å². The van der Waals surface area contributed by atoms with Gasteiger partial charge in [-0.2, -0.15) is 0 Å². The Hall–Kier alpha value is -1.50. The van der Waals surface area contributed by atoms with Crippen LogP contribution in [0.1, 0.15) is 16.7 Å². The second kappa shape index (κ2) is 8.56. The Bertz CT molecular complexity index is 624. The summed E-state index contributed by atoms with van der Waals surface area (Å²) in [4.78, 5) is 0. The van der Waals surface area contributed by atoms with E-state index < -0.39 is 20.7 Å². The van der Waals surface area contributed by atoms with Crippen molar-refractivity contribution in [2.24, 2.45) is 0 Å². The van der Waals surface area contributed by atoms with Gasteiger partial charge in [-0.1, -0.05) is 0 Å². The summed E-state index contributed by atoms with van der Waals surface area (Å²) in [5.74, 6) is 0.